The fourth-order valence-corrected chi connectivity index (χ4v) is 4.99. The predicted octanol–water partition coefficient (Wildman–Crippen LogP) is 7.43. The Morgan fingerprint density at radius 1 is 1.10 bits per heavy atom. The van der Waals surface area contributed by atoms with E-state index in [1.807, 2.05) is 0 Å². The zero-order valence-corrected chi connectivity index (χ0v) is 19.0. The first-order chi connectivity index (χ1) is 14.3. The third-order valence-electron chi connectivity index (χ3n) is 7.41. The van der Waals surface area contributed by atoms with Crippen LogP contribution in [0, 0.1) is 20.8 Å². The minimum atomic E-state index is 0.515. The maximum absolute atomic E-state index is 8.84. The molecule has 1 aliphatic rings. The molecule has 2 aromatic carbocycles. The number of hydrogen-bond donors (Lipinski definition) is 0. The Kier molecular flexibility index (Phi) is 5.16. The van der Waals surface area contributed by atoms with Gasteiger partial charge in [-0.3, -0.25) is 0 Å². The average Bonchev–Trinajstić information content (AvgIpc) is 3.29. The highest BCUT2D eigenvalue weighted by Crippen LogP contribution is 2.39. The van der Waals surface area contributed by atoms with E-state index in [1.165, 1.54) is 64.6 Å². The predicted molar refractivity (Wildman–Crippen MR) is 125 cm³/mol. The molecule has 1 nitrogen and oxygen atoms in total. The molecule has 1 aliphatic carbocycles. The molecule has 1 unspecified atom stereocenters. The molecule has 1 heterocycles. The summed E-state index contributed by atoms with van der Waals surface area (Å²) in [7, 11) is 2.13. The zero-order chi connectivity index (χ0) is 21.6. The monoisotopic (exact) mass is 387 g/mol. The molecule has 0 aliphatic heterocycles. The first-order valence-electron chi connectivity index (χ1n) is 11.9. The van der Waals surface area contributed by atoms with Gasteiger partial charge in [0.2, 0.25) is 5.69 Å². The van der Waals surface area contributed by atoms with E-state index in [-0.39, 0.29) is 0 Å². The number of aromatic nitrogens is 1. The number of fused-ring (bicyclic) bond motifs is 1. The Hall–Kier alpha value is -2.15. The molecule has 4 rings (SSSR count). The average molecular weight is 388 g/mol. The van der Waals surface area contributed by atoms with Gasteiger partial charge in [0.1, 0.15) is 7.05 Å². The Morgan fingerprint density at radius 2 is 1.83 bits per heavy atom. The molecule has 29 heavy (non-hydrogen) atoms. The topological polar surface area (TPSA) is 3.88 Å². The van der Waals surface area contributed by atoms with Gasteiger partial charge in [-0.25, -0.2) is 0 Å². The number of nitrogens with zero attached hydrogens (tertiary/aromatic N) is 1. The molecular formula is C28H36N+. The number of pyridine rings is 1. The van der Waals surface area contributed by atoms with Crippen molar-refractivity contribution >= 4 is 10.8 Å². The van der Waals surface area contributed by atoms with Crippen LogP contribution in [0.25, 0.3) is 22.0 Å². The van der Waals surface area contributed by atoms with Gasteiger partial charge in [-0.1, -0.05) is 44.9 Å². The number of rotatable bonds is 4. The van der Waals surface area contributed by atoms with Crippen LogP contribution in [0.5, 0.6) is 0 Å². The Balaban J connectivity index is 2.01. The molecule has 0 N–H and O–H groups in total. The van der Waals surface area contributed by atoms with Crippen molar-refractivity contribution in [2.24, 2.45) is 7.05 Å². The van der Waals surface area contributed by atoms with Crippen molar-refractivity contribution in [1.82, 2.24) is 0 Å². The van der Waals surface area contributed by atoms with Crippen molar-refractivity contribution in [2.75, 3.05) is 0 Å². The molecule has 0 amide bonds. The standard InChI is InChI=1S/C28H36N/c1-7-18(2)23-12-13-26-25(16-23)15-20(4)29(6)28(26)27-17-24(14-19(3)21(27)5)22-10-8-9-11-22/h12-18,22H,7-11H2,1-6H3/q+1/i15D. The van der Waals surface area contributed by atoms with Gasteiger partial charge >= 0.3 is 0 Å². The Bertz CT molecular complexity index is 1110. The van der Waals surface area contributed by atoms with Crippen molar-refractivity contribution in [1.29, 1.82) is 0 Å². The highest BCUT2D eigenvalue weighted by molar-refractivity contribution is 5.94. The molecule has 1 atom stereocenters. The van der Waals surface area contributed by atoms with Crippen LogP contribution in [0.3, 0.4) is 0 Å². The van der Waals surface area contributed by atoms with Crippen LogP contribution in [-0.4, -0.2) is 0 Å². The van der Waals surface area contributed by atoms with Gasteiger partial charge in [0.25, 0.3) is 0 Å². The molecule has 1 heteroatoms. The van der Waals surface area contributed by atoms with Crippen LogP contribution in [0.4, 0.5) is 0 Å². The second kappa shape index (κ2) is 7.94. The van der Waals surface area contributed by atoms with Crippen molar-refractivity contribution in [3.63, 3.8) is 0 Å². The van der Waals surface area contributed by atoms with Crippen LogP contribution >= 0.6 is 0 Å². The molecule has 3 aromatic rings. The lowest BCUT2D eigenvalue weighted by Crippen LogP contribution is -2.35. The highest BCUT2D eigenvalue weighted by Gasteiger charge is 2.24. The van der Waals surface area contributed by atoms with E-state index in [0.717, 1.165) is 17.5 Å². The van der Waals surface area contributed by atoms with Crippen LogP contribution in [0.1, 0.15) is 87.1 Å². The lowest BCUT2D eigenvalue weighted by Gasteiger charge is -2.17. The maximum Gasteiger partial charge on any atom is 0.220 e. The Labute approximate surface area is 178 Å². The largest absolute Gasteiger partial charge is 0.220 e. The molecular weight excluding hydrogens is 350 g/mol. The van der Waals surface area contributed by atoms with Crippen LogP contribution in [0.15, 0.2) is 36.4 Å². The summed E-state index contributed by atoms with van der Waals surface area (Å²) in [6.45, 7) is 11.1. The summed E-state index contributed by atoms with van der Waals surface area (Å²) < 4.78 is 11.1. The Morgan fingerprint density at radius 3 is 2.52 bits per heavy atom. The molecule has 1 aromatic heterocycles. The molecule has 1 saturated carbocycles. The molecule has 0 bridgehead atoms. The summed E-state index contributed by atoms with van der Waals surface area (Å²) in [5.41, 5.74) is 9.21. The van der Waals surface area contributed by atoms with Gasteiger partial charge in [0.15, 0.2) is 5.69 Å². The minimum absolute atomic E-state index is 0.515. The van der Waals surface area contributed by atoms with E-state index in [9.17, 15) is 0 Å². The smallest absolute Gasteiger partial charge is 0.198 e. The lowest BCUT2D eigenvalue weighted by atomic mass is 9.88. The van der Waals surface area contributed by atoms with E-state index < -0.39 is 0 Å². The van der Waals surface area contributed by atoms with Crippen LogP contribution in [-0.2, 0) is 7.05 Å². The quantitative estimate of drug-likeness (QED) is 0.410. The fourth-order valence-electron chi connectivity index (χ4n) is 4.99. The molecule has 0 spiro atoms. The molecule has 0 radical (unpaired) electrons. The highest BCUT2D eigenvalue weighted by atomic mass is 14.9. The van der Waals surface area contributed by atoms with Crippen molar-refractivity contribution in [3.8, 4) is 11.3 Å². The second-order valence-corrected chi connectivity index (χ2v) is 9.22. The zero-order valence-electron chi connectivity index (χ0n) is 20.0. The van der Waals surface area contributed by atoms with Gasteiger partial charge in [0.05, 0.1) is 12.3 Å². The van der Waals surface area contributed by atoms with Crippen molar-refractivity contribution in [3.05, 3.63) is 64.3 Å². The van der Waals surface area contributed by atoms with E-state index in [0.29, 0.717) is 17.9 Å². The summed E-state index contributed by atoms with van der Waals surface area (Å²) in [6, 6.07) is 12.3. The van der Waals surface area contributed by atoms with Crippen molar-refractivity contribution in [2.45, 2.75) is 78.6 Å². The molecule has 1 fully saturated rings. The van der Waals surface area contributed by atoms with Gasteiger partial charge in [-0.2, -0.15) is 4.57 Å². The second-order valence-electron chi connectivity index (χ2n) is 9.22. The maximum atomic E-state index is 8.84. The number of hydrogen-bond acceptors (Lipinski definition) is 0. The molecule has 152 valence electrons. The summed E-state index contributed by atoms with van der Waals surface area (Å²) in [5, 5.41) is 2.29. The number of benzene rings is 2. The van der Waals surface area contributed by atoms with Gasteiger partial charge in [-0.05, 0) is 84.7 Å². The molecule has 0 saturated heterocycles. The summed E-state index contributed by atoms with van der Waals surface area (Å²) in [6.07, 6.45) is 6.46. The van der Waals surface area contributed by atoms with Crippen molar-refractivity contribution < 1.29 is 5.94 Å². The SMILES string of the molecule is [2H]c1c(C)[n+](C)c(-c2cc(C3CCCC3)cc(C)c2C)c2ccc(C(C)CC)cc12. The van der Waals surface area contributed by atoms with Gasteiger partial charge in [0, 0.05) is 13.0 Å². The van der Waals surface area contributed by atoms with E-state index in [4.69, 9.17) is 1.37 Å². The van der Waals surface area contributed by atoms with Crippen LogP contribution in [0.2, 0.25) is 0 Å². The third kappa shape index (κ3) is 3.61. The van der Waals surface area contributed by atoms with E-state index >= 15 is 0 Å². The van der Waals surface area contributed by atoms with E-state index in [1.54, 1.807) is 0 Å². The first-order valence-corrected chi connectivity index (χ1v) is 11.4. The van der Waals surface area contributed by atoms with Gasteiger partial charge in [-0.15, -0.1) is 0 Å². The first kappa shape index (κ1) is 18.9. The van der Waals surface area contributed by atoms with Gasteiger partial charge < -0.3 is 0 Å². The normalized spacial score (nSPS) is 16.4. The van der Waals surface area contributed by atoms with E-state index in [2.05, 4.69) is 76.6 Å². The minimum Gasteiger partial charge on any atom is -0.198 e. The summed E-state index contributed by atoms with van der Waals surface area (Å²) in [4.78, 5) is 0. The third-order valence-corrected chi connectivity index (χ3v) is 7.41. The summed E-state index contributed by atoms with van der Waals surface area (Å²) in [5.74, 6) is 1.22. The fraction of sp³-hybridized carbons (Fsp3) is 0.464. The number of aryl methyl sites for hydroxylation is 1. The lowest BCUT2D eigenvalue weighted by molar-refractivity contribution is -0.665. The summed E-state index contributed by atoms with van der Waals surface area (Å²) >= 11 is 0. The van der Waals surface area contributed by atoms with Crippen LogP contribution < -0.4 is 4.57 Å².